The zero-order chi connectivity index (χ0) is 17.1. The average Bonchev–Trinajstić information content (AvgIpc) is 2.78. The summed E-state index contributed by atoms with van der Waals surface area (Å²) < 4.78 is 21.5. The van der Waals surface area contributed by atoms with Crippen molar-refractivity contribution in [3.8, 4) is 0 Å². The second-order valence-corrected chi connectivity index (χ2v) is 6.54. The highest BCUT2D eigenvalue weighted by Gasteiger charge is 2.52. The molecule has 0 spiro atoms. The number of hydrogen-bond acceptors (Lipinski definition) is 9. The minimum Gasteiger partial charge on any atom is -0.463 e. The van der Waals surface area contributed by atoms with Gasteiger partial charge in [0.1, 0.15) is 24.2 Å². The van der Waals surface area contributed by atoms with E-state index < -0.39 is 42.3 Å². The Bertz CT molecular complexity index is 535. The number of thioether (sulfide) groups is 1. The summed E-state index contributed by atoms with van der Waals surface area (Å²) in [4.78, 5) is 38.3. The van der Waals surface area contributed by atoms with Gasteiger partial charge in [-0.3, -0.25) is 19.4 Å². The van der Waals surface area contributed by atoms with Gasteiger partial charge < -0.3 is 18.9 Å². The summed E-state index contributed by atoms with van der Waals surface area (Å²) in [5.74, 6) is -1.54. The van der Waals surface area contributed by atoms with Gasteiger partial charge in [-0.05, 0) is 6.92 Å². The molecule has 128 valence electrons. The summed E-state index contributed by atoms with van der Waals surface area (Å²) in [5, 5.41) is 0.784. The SMILES string of the molecule is CC(=O)OC[C@H]1O[C@@H]2SC(C)=N[C@@H]2[C@@H](OC(C)=O)[C@@H]1OC(C)=O. The minimum absolute atomic E-state index is 0.103. The van der Waals surface area contributed by atoms with Crippen LogP contribution in [-0.4, -0.2) is 59.3 Å². The minimum atomic E-state index is -0.896. The highest BCUT2D eigenvalue weighted by molar-refractivity contribution is 8.14. The van der Waals surface area contributed by atoms with E-state index in [1.54, 1.807) is 0 Å². The van der Waals surface area contributed by atoms with Gasteiger partial charge in [0.15, 0.2) is 12.2 Å². The molecule has 2 aliphatic heterocycles. The van der Waals surface area contributed by atoms with Crippen LogP contribution in [0.2, 0.25) is 0 Å². The maximum atomic E-state index is 11.4. The predicted molar refractivity (Wildman–Crippen MR) is 80.9 cm³/mol. The van der Waals surface area contributed by atoms with E-state index in [0.717, 1.165) is 5.04 Å². The van der Waals surface area contributed by atoms with Crippen LogP contribution in [0.25, 0.3) is 0 Å². The molecule has 0 bridgehead atoms. The van der Waals surface area contributed by atoms with Crippen molar-refractivity contribution in [3.63, 3.8) is 0 Å². The van der Waals surface area contributed by atoms with Gasteiger partial charge in [-0.2, -0.15) is 0 Å². The molecular weight excluding hydrogens is 326 g/mol. The Hall–Kier alpha value is -1.61. The van der Waals surface area contributed by atoms with Crippen LogP contribution < -0.4 is 0 Å². The van der Waals surface area contributed by atoms with Gasteiger partial charge in [0, 0.05) is 20.8 Å². The fraction of sp³-hybridized carbons (Fsp3) is 0.714. The van der Waals surface area contributed by atoms with E-state index in [2.05, 4.69) is 4.99 Å². The lowest BCUT2D eigenvalue weighted by Crippen LogP contribution is -2.59. The van der Waals surface area contributed by atoms with Crippen LogP contribution in [0.4, 0.5) is 0 Å². The quantitative estimate of drug-likeness (QED) is 0.541. The van der Waals surface area contributed by atoms with Crippen LogP contribution in [0.15, 0.2) is 4.99 Å². The Morgan fingerprint density at radius 3 is 2.26 bits per heavy atom. The number of fused-ring (bicyclic) bond motifs is 1. The first-order chi connectivity index (χ1) is 10.8. The number of hydrogen-bond donors (Lipinski definition) is 0. The van der Waals surface area contributed by atoms with Crippen LogP contribution in [0.3, 0.4) is 0 Å². The number of ether oxygens (including phenoxy) is 4. The first-order valence-electron chi connectivity index (χ1n) is 7.12. The van der Waals surface area contributed by atoms with Crippen molar-refractivity contribution < 1.29 is 33.3 Å². The van der Waals surface area contributed by atoms with Crippen LogP contribution in [-0.2, 0) is 33.3 Å². The molecule has 1 fully saturated rings. The van der Waals surface area contributed by atoms with E-state index in [1.165, 1.54) is 32.5 Å². The fourth-order valence-electron chi connectivity index (χ4n) is 2.53. The molecule has 0 aliphatic carbocycles. The second-order valence-electron chi connectivity index (χ2n) is 5.25. The number of aliphatic imine (C=N–C) groups is 1. The van der Waals surface area contributed by atoms with Gasteiger partial charge in [-0.25, -0.2) is 0 Å². The first-order valence-corrected chi connectivity index (χ1v) is 8.00. The van der Waals surface area contributed by atoms with E-state index >= 15 is 0 Å². The molecule has 0 aromatic rings. The average molecular weight is 345 g/mol. The van der Waals surface area contributed by atoms with E-state index in [-0.39, 0.29) is 12.0 Å². The number of carbonyl (C=O) groups excluding carboxylic acids is 3. The summed E-state index contributed by atoms with van der Waals surface area (Å²) >= 11 is 1.39. The van der Waals surface area contributed by atoms with Gasteiger partial charge in [-0.1, -0.05) is 11.8 Å². The standard InChI is InChI=1S/C14H19NO7S/c1-6-15-11-13(21-9(4)18)12(20-8(3)17)10(5-19-7(2)16)22-14(11)23-6/h10-14H,5H2,1-4H3/t10-,11-,12-,13-,14-/m1/s1. The summed E-state index contributed by atoms with van der Waals surface area (Å²) in [6.45, 7) is 5.51. The second kappa shape index (κ2) is 7.31. The zero-order valence-corrected chi connectivity index (χ0v) is 14.1. The van der Waals surface area contributed by atoms with Crippen molar-refractivity contribution >= 4 is 34.7 Å². The van der Waals surface area contributed by atoms with Crippen molar-refractivity contribution in [1.82, 2.24) is 0 Å². The highest BCUT2D eigenvalue weighted by Crippen LogP contribution is 2.38. The highest BCUT2D eigenvalue weighted by atomic mass is 32.2. The summed E-state index contributed by atoms with van der Waals surface area (Å²) in [6.07, 6.45) is -2.42. The first kappa shape index (κ1) is 17.7. The normalized spacial score (nSPS) is 32.5. The Morgan fingerprint density at radius 2 is 1.70 bits per heavy atom. The third-order valence-corrected chi connectivity index (χ3v) is 4.36. The van der Waals surface area contributed by atoms with Gasteiger partial charge in [-0.15, -0.1) is 0 Å². The third-order valence-electron chi connectivity index (χ3n) is 3.29. The van der Waals surface area contributed by atoms with Crippen LogP contribution >= 0.6 is 11.8 Å². The van der Waals surface area contributed by atoms with Gasteiger partial charge in [0.2, 0.25) is 0 Å². The number of nitrogens with zero attached hydrogens (tertiary/aromatic N) is 1. The summed E-state index contributed by atoms with van der Waals surface area (Å²) in [5.41, 5.74) is -0.383. The Kier molecular flexibility index (Phi) is 5.64. The number of esters is 3. The monoisotopic (exact) mass is 345 g/mol. The topological polar surface area (TPSA) is 100 Å². The van der Waals surface area contributed by atoms with Crippen LogP contribution in [0, 0.1) is 0 Å². The molecule has 2 aliphatic rings. The Morgan fingerprint density at radius 1 is 1.09 bits per heavy atom. The molecule has 0 aromatic carbocycles. The lowest BCUT2D eigenvalue weighted by atomic mass is 9.98. The smallest absolute Gasteiger partial charge is 0.303 e. The molecule has 0 amide bonds. The van der Waals surface area contributed by atoms with E-state index in [4.69, 9.17) is 18.9 Å². The maximum absolute atomic E-state index is 11.4. The molecule has 0 aromatic heterocycles. The predicted octanol–water partition coefficient (Wildman–Crippen LogP) is 0.672. The fourth-order valence-corrected chi connectivity index (χ4v) is 3.60. The number of rotatable bonds is 4. The molecule has 1 saturated heterocycles. The van der Waals surface area contributed by atoms with E-state index in [9.17, 15) is 14.4 Å². The van der Waals surface area contributed by atoms with Gasteiger partial charge >= 0.3 is 17.9 Å². The summed E-state index contributed by atoms with van der Waals surface area (Å²) in [6, 6.07) is -0.471. The van der Waals surface area contributed by atoms with Crippen molar-refractivity contribution in [1.29, 1.82) is 0 Å². The molecule has 23 heavy (non-hydrogen) atoms. The van der Waals surface area contributed by atoms with Gasteiger partial charge in [0.25, 0.3) is 0 Å². The largest absolute Gasteiger partial charge is 0.463 e. The van der Waals surface area contributed by atoms with Crippen molar-refractivity contribution in [2.45, 2.75) is 57.5 Å². The Labute approximate surface area is 137 Å². The molecule has 0 unspecified atom stereocenters. The van der Waals surface area contributed by atoms with Crippen LogP contribution in [0.1, 0.15) is 27.7 Å². The molecule has 5 atom stereocenters. The third kappa shape index (κ3) is 4.44. The molecule has 9 heteroatoms. The van der Waals surface area contributed by atoms with Crippen molar-refractivity contribution in [3.05, 3.63) is 0 Å². The van der Waals surface area contributed by atoms with Crippen LogP contribution in [0.5, 0.6) is 0 Å². The maximum Gasteiger partial charge on any atom is 0.303 e. The summed E-state index contributed by atoms with van der Waals surface area (Å²) in [7, 11) is 0. The Balaban J connectivity index is 2.26. The van der Waals surface area contributed by atoms with Crippen molar-refractivity contribution in [2.75, 3.05) is 6.61 Å². The molecule has 2 heterocycles. The molecule has 0 saturated carbocycles. The van der Waals surface area contributed by atoms with E-state index in [1.807, 2.05) is 6.92 Å². The molecule has 0 N–H and O–H groups in total. The molecule has 2 rings (SSSR count). The zero-order valence-electron chi connectivity index (χ0n) is 13.3. The van der Waals surface area contributed by atoms with E-state index in [0.29, 0.717) is 0 Å². The van der Waals surface area contributed by atoms with Crippen molar-refractivity contribution in [2.24, 2.45) is 4.99 Å². The lowest BCUT2D eigenvalue weighted by molar-refractivity contribution is -0.208. The lowest BCUT2D eigenvalue weighted by Gasteiger charge is -2.41. The number of carbonyl (C=O) groups is 3. The van der Waals surface area contributed by atoms with Gasteiger partial charge in [0.05, 0.1) is 5.04 Å². The molecule has 8 nitrogen and oxygen atoms in total. The molecule has 0 radical (unpaired) electrons. The molecular formula is C14H19NO7S.